The minimum atomic E-state index is -0.252. The number of phenols is 18. The Hall–Kier alpha value is -13.2. The van der Waals surface area contributed by atoms with Gasteiger partial charge in [0.2, 0.25) is 0 Å². The van der Waals surface area contributed by atoms with E-state index in [9.17, 15) is 40.9 Å². The van der Waals surface area contributed by atoms with Gasteiger partial charge in [-0.25, -0.2) is 0 Å². The maximum absolute atomic E-state index is 9.54. The summed E-state index contributed by atoms with van der Waals surface area (Å²) in [7, 11) is 0. The fraction of sp³-hybridized carbons (Fsp3) is 0.152. The number of hydrogen-bond donors (Lipinski definition) is 18. The molecule has 0 atom stereocenters. The van der Waals surface area contributed by atoms with Crippen LogP contribution in [0.2, 0.25) is 10.0 Å². The molecule has 0 saturated carbocycles. The molecule has 586 valence electrons. The Labute approximate surface area is 662 Å². The van der Waals surface area contributed by atoms with Crippen molar-refractivity contribution in [3.63, 3.8) is 0 Å². The largest absolute Gasteiger partial charge is 0.508 e. The van der Waals surface area contributed by atoms with Crippen molar-refractivity contribution in [2.75, 3.05) is 0 Å². The summed E-state index contributed by atoms with van der Waals surface area (Å²) in [5.41, 5.74) is 10.9. The maximum atomic E-state index is 9.54. The number of hydrogen-bond acceptors (Lipinski definition) is 18. The zero-order valence-corrected chi connectivity index (χ0v) is 64.7. The van der Waals surface area contributed by atoms with Crippen molar-refractivity contribution in [1.29, 1.82) is 0 Å². The molecule has 0 saturated heterocycles. The zero-order valence-electron chi connectivity index (χ0n) is 63.2. The Kier molecular flexibility index (Phi) is 34.9. The highest BCUT2D eigenvalue weighted by Crippen LogP contribution is 2.38. The molecule has 0 heterocycles. The number of aromatic hydroxyl groups is 18. The van der Waals surface area contributed by atoms with Crippen LogP contribution in [0.5, 0.6) is 103 Å². The summed E-state index contributed by atoms with van der Waals surface area (Å²) in [6.07, 6.45) is 3.94. The lowest BCUT2D eigenvalue weighted by atomic mass is 9.78. The molecule has 0 aromatic heterocycles. The van der Waals surface area contributed by atoms with E-state index in [0.717, 1.165) is 92.4 Å². The second-order valence-electron chi connectivity index (χ2n) is 27.0. The highest BCUT2D eigenvalue weighted by atomic mass is 35.5. The smallest absolute Gasteiger partial charge is 0.134 e. The standard InChI is InChI=1S/C15H16O2.C12H8Cl2O2.2C12H10O2.2C10H14O2.C8H10O2.C7H8O2.C6H6O2/c1-15(2,11-6-4-3-5-7-11)12-8-13(16)10-14(17)9-12;13-9-5-7(1-3-11(9)15)8-2-4-12(16)10(14)6-8;13-11-5-1-9(2-6-11)10-3-7-12(14)8-4-10;13-11-6-10(7-12(14)8-11)9-4-2-1-3-5-9;1-10(2,3)7-4-8(11)6-9(12)5-7;1-2-3-4-8-5-9(11)7-10(12)6-8;1-2-6-3-7(9)5-8(10)4-6;1-5-2-6(8)4-7(9)3-5;7-5-2-1-3-6(8)4-5/h3-10,16-17H,1-2H3;1-6,15-16H;2*1-8,13-14H;4-6,11-12H,1-3H3;5-7,11-12H,2-4H2,1H3;3-5,9-10H,2H2,1H3;2-4,8-9H,1H3;1-4,7-8H. The van der Waals surface area contributed by atoms with Gasteiger partial charge in [-0.15, -0.1) is 0 Å². The van der Waals surface area contributed by atoms with Gasteiger partial charge >= 0.3 is 0 Å². The van der Waals surface area contributed by atoms with Crippen LogP contribution in [-0.2, 0) is 23.7 Å². The third-order valence-electron chi connectivity index (χ3n) is 16.2. The molecular formula is C92H96Cl2O18. The third-order valence-corrected chi connectivity index (χ3v) is 16.8. The number of benzene rings is 13. The minimum absolute atomic E-state index is 0.0373. The lowest BCUT2D eigenvalue weighted by molar-refractivity contribution is 0.444. The van der Waals surface area contributed by atoms with Gasteiger partial charge in [-0.1, -0.05) is 181 Å². The van der Waals surface area contributed by atoms with Crippen LogP contribution in [0.1, 0.15) is 94.7 Å². The van der Waals surface area contributed by atoms with Gasteiger partial charge in [-0.2, -0.15) is 0 Å². The fourth-order valence-corrected chi connectivity index (χ4v) is 10.7. The lowest BCUT2D eigenvalue weighted by Crippen LogP contribution is -2.18. The van der Waals surface area contributed by atoms with Crippen molar-refractivity contribution in [2.24, 2.45) is 0 Å². The van der Waals surface area contributed by atoms with E-state index in [4.69, 9.17) is 74.3 Å². The second-order valence-corrected chi connectivity index (χ2v) is 27.8. The molecule has 18 N–H and O–H groups in total. The molecule has 0 aliphatic carbocycles. The third kappa shape index (κ3) is 32.0. The molecule has 13 rings (SSSR count). The maximum Gasteiger partial charge on any atom is 0.134 e. The SMILES string of the molecule is CC(C)(C)c1cc(O)cc(O)c1.CC(C)(c1ccccc1)c1cc(O)cc(O)c1.CCCCc1cc(O)cc(O)c1.CCc1cc(O)cc(O)c1.Cc1cc(O)cc(O)c1.Oc1cc(O)cc(-c2ccccc2)c1.Oc1ccc(-c2ccc(O)c(Cl)c2)cc1Cl.Oc1ccc(-c2ccc(O)cc2)cc1.Oc1cccc(O)c1. The molecule has 0 amide bonds. The Morgan fingerprint density at radius 2 is 0.562 bits per heavy atom. The van der Waals surface area contributed by atoms with Crippen molar-refractivity contribution >= 4 is 23.2 Å². The first kappa shape index (κ1) is 89.5. The summed E-state index contributed by atoms with van der Waals surface area (Å²) >= 11 is 11.6. The summed E-state index contributed by atoms with van der Waals surface area (Å²) < 4.78 is 0. The van der Waals surface area contributed by atoms with Crippen LogP contribution in [0.25, 0.3) is 33.4 Å². The molecule has 18 nitrogen and oxygen atoms in total. The quantitative estimate of drug-likeness (QED) is 0.0638. The van der Waals surface area contributed by atoms with Crippen LogP contribution in [-0.4, -0.2) is 91.9 Å². The summed E-state index contributed by atoms with van der Waals surface area (Å²) in [6.45, 7) is 16.1. The molecule has 13 aromatic carbocycles. The minimum Gasteiger partial charge on any atom is -0.508 e. The monoisotopic (exact) mass is 1560 g/mol. The van der Waals surface area contributed by atoms with E-state index < -0.39 is 0 Å². The lowest BCUT2D eigenvalue weighted by Gasteiger charge is -2.26. The molecule has 0 fully saturated rings. The van der Waals surface area contributed by atoms with E-state index in [0.29, 0.717) is 0 Å². The number of unbranched alkanes of at least 4 members (excludes halogenated alkanes) is 1. The Morgan fingerprint density at radius 1 is 0.250 bits per heavy atom. The highest BCUT2D eigenvalue weighted by Gasteiger charge is 2.24. The van der Waals surface area contributed by atoms with E-state index in [1.807, 2.05) is 113 Å². The van der Waals surface area contributed by atoms with Gasteiger partial charge in [0, 0.05) is 47.9 Å². The van der Waals surface area contributed by atoms with Gasteiger partial charge in [0.1, 0.15) is 103 Å². The van der Waals surface area contributed by atoms with E-state index in [1.54, 1.807) is 134 Å². The van der Waals surface area contributed by atoms with Gasteiger partial charge in [-0.05, 0) is 232 Å². The van der Waals surface area contributed by atoms with Crippen molar-refractivity contribution in [3.05, 3.63) is 322 Å². The first-order valence-corrected chi connectivity index (χ1v) is 35.9. The van der Waals surface area contributed by atoms with Crippen LogP contribution in [0.3, 0.4) is 0 Å². The number of phenolic OH excluding ortho intramolecular Hbond substituents is 18. The van der Waals surface area contributed by atoms with Crippen LogP contribution < -0.4 is 0 Å². The van der Waals surface area contributed by atoms with Gasteiger partial charge < -0.3 is 91.9 Å². The molecule has 0 aliphatic heterocycles. The van der Waals surface area contributed by atoms with E-state index >= 15 is 0 Å². The average Bonchev–Trinajstić information content (AvgIpc) is 0.797. The normalized spacial score (nSPS) is 10.3. The van der Waals surface area contributed by atoms with Crippen LogP contribution in [0, 0.1) is 6.92 Å². The molecule has 0 bridgehead atoms. The molecule has 0 spiro atoms. The molecule has 0 aliphatic rings. The predicted molar refractivity (Wildman–Crippen MR) is 444 cm³/mol. The highest BCUT2D eigenvalue weighted by molar-refractivity contribution is 6.33. The van der Waals surface area contributed by atoms with Gasteiger partial charge in [0.15, 0.2) is 0 Å². The van der Waals surface area contributed by atoms with Gasteiger partial charge in [0.05, 0.1) is 10.0 Å². The predicted octanol–water partition coefficient (Wildman–Crippen LogP) is 22.0. The Morgan fingerprint density at radius 3 is 0.893 bits per heavy atom. The van der Waals surface area contributed by atoms with Crippen molar-refractivity contribution in [3.8, 4) is 137 Å². The Bertz CT molecular complexity index is 4790. The molecule has 13 aromatic rings. The molecule has 20 heteroatoms. The van der Waals surface area contributed by atoms with Crippen molar-refractivity contribution in [2.45, 2.75) is 91.9 Å². The summed E-state index contributed by atoms with van der Waals surface area (Å²) in [6, 6.07) is 76.8. The average molecular weight is 1560 g/mol. The summed E-state index contributed by atoms with van der Waals surface area (Å²) in [5, 5.41) is 165. The molecule has 0 radical (unpaired) electrons. The number of halogens is 2. The summed E-state index contributed by atoms with van der Waals surface area (Å²) in [4.78, 5) is 0. The second kappa shape index (κ2) is 43.7. The Balaban J connectivity index is 0.000000227. The van der Waals surface area contributed by atoms with Gasteiger partial charge in [-0.3, -0.25) is 0 Å². The van der Waals surface area contributed by atoms with Crippen molar-refractivity contribution < 1.29 is 91.9 Å². The topological polar surface area (TPSA) is 364 Å². The first-order valence-electron chi connectivity index (χ1n) is 35.2. The number of aryl methyl sites for hydroxylation is 3. The van der Waals surface area contributed by atoms with E-state index in [2.05, 4.69) is 20.8 Å². The fourth-order valence-electron chi connectivity index (χ4n) is 10.4. The van der Waals surface area contributed by atoms with Gasteiger partial charge in [0.25, 0.3) is 0 Å². The van der Waals surface area contributed by atoms with E-state index in [1.165, 1.54) is 66.7 Å². The first-order chi connectivity index (χ1) is 52.9. The zero-order chi connectivity index (χ0) is 82.8. The molecular weight excluding hydrogens is 1460 g/mol. The van der Waals surface area contributed by atoms with Crippen LogP contribution in [0.4, 0.5) is 0 Å². The number of rotatable bonds is 9. The van der Waals surface area contributed by atoms with E-state index in [-0.39, 0.29) is 124 Å². The van der Waals surface area contributed by atoms with Crippen LogP contribution >= 0.6 is 23.2 Å². The molecule has 0 unspecified atom stereocenters. The van der Waals surface area contributed by atoms with Crippen LogP contribution in [0.15, 0.2) is 279 Å². The summed E-state index contributed by atoms with van der Waals surface area (Å²) in [5.74, 6) is 2.04. The molecule has 112 heavy (non-hydrogen) atoms. The van der Waals surface area contributed by atoms with Crippen molar-refractivity contribution in [1.82, 2.24) is 0 Å².